The van der Waals surface area contributed by atoms with Gasteiger partial charge in [0.15, 0.2) is 0 Å². The van der Waals surface area contributed by atoms with Crippen LogP contribution in [0.3, 0.4) is 0 Å². The maximum atomic E-state index is 6.25. The molecule has 19 heavy (non-hydrogen) atoms. The van der Waals surface area contributed by atoms with Gasteiger partial charge in [0.05, 0.1) is 5.69 Å². The highest BCUT2D eigenvalue weighted by Crippen LogP contribution is 2.29. The van der Waals surface area contributed by atoms with Gasteiger partial charge in [-0.3, -0.25) is 0 Å². The molecular weight excluding hydrogens is 238 g/mol. The quantitative estimate of drug-likeness (QED) is 0.777. The number of aromatic nitrogens is 4. The first kappa shape index (κ1) is 11.6. The van der Waals surface area contributed by atoms with E-state index in [9.17, 15) is 0 Å². The lowest BCUT2D eigenvalue weighted by atomic mass is 10.0. The van der Waals surface area contributed by atoms with Crippen LogP contribution >= 0.6 is 0 Å². The van der Waals surface area contributed by atoms with Gasteiger partial charge in [0.2, 0.25) is 0 Å². The number of nitrogens with two attached hydrogens (primary N) is 1. The molecule has 0 unspecified atom stereocenters. The van der Waals surface area contributed by atoms with E-state index in [4.69, 9.17) is 5.73 Å². The van der Waals surface area contributed by atoms with Crippen molar-refractivity contribution in [2.75, 3.05) is 5.73 Å². The van der Waals surface area contributed by atoms with E-state index in [-0.39, 0.29) is 0 Å². The predicted octanol–water partition coefficient (Wildman–Crippen LogP) is 2.33. The van der Waals surface area contributed by atoms with E-state index in [1.807, 2.05) is 30.3 Å². The Kier molecular flexibility index (Phi) is 2.87. The van der Waals surface area contributed by atoms with Crippen LogP contribution in [0.4, 0.5) is 5.82 Å². The highest BCUT2D eigenvalue weighted by molar-refractivity contribution is 5.77. The van der Waals surface area contributed by atoms with Gasteiger partial charge in [-0.2, -0.15) is 14.6 Å². The summed E-state index contributed by atoms with van der Waals surface area (Å²) in [6.45, 7) is 2.13. The van der Waals surface area contributed by atoms with E-state index in [2.05, 4.69) is 22.0 Å². The SMILES string of the molecule is CCCc1nc2ncnn2c(N)c1-c1ccccc1. The third-order valence-electron chi connectivity index (χ3n) is 3.09. The highest BCUT2D eigenvalue weighted by atomic mass is 15.3. The third kappa shape index (κ3) is 1.93. The van der Waals surface area contributed by atoms with Crippen molar-refractivity contribution >= 4 is 11.6 Å². The summed E-state index contributed by atoms with van der Waals surface area (Å²) in [5, 5.41) is 4.12. The molecule has 0 fully saturated rings. The Morgan fingerprint density at radius 3 is 2.74 bits per heavy atom. The Balaban J connectivity index is 2.31. The standard InChI is InChI=1S/C14H15N5/c1-2-6-11-12(10-7-4-3-5-8-10)13(15)19-14(18-11)16-9-17-19/h3-5,7-9H,2,6,15H2,1H3. The molecule has 0 bridgehead atoms. The summed E-state index contributed by atoms with van der Waals surface area (Å²) in [7, 11) is 0. The molecule has 5 heteroatoms. The molecule has 3 aromatic rings. The summed E-state index contributed by atoms with van der Waals surface area (Å²) >= 11 is 0. The summed E-state index contributed by atoms with van der Waals surface area (Å²) in [5.41, 5.74) is 9.25. The lowest BCUT2D eigenvalue weighted by Gasteiger charge is -2.12. The van der Waals surface area contributed by atoms with Crippen LogP contribution < -0.4 is 5.73 Å². The van der Waals surface area contributed by atoms with Crippen LogP contribution in [0, 0.1) is 0 Å². The van der Waals surface area contributed by atoms with Crippen molar-refractivity contribution < 1.29 is 0 Å². The van der Waals surface area contributed by atoms with E-state index in [0.717, 1.165) is 29.7 Å². The average molecular weight is 253 g/mol. The van der Waals surface area contributed by atoms with Gasteiger partial charge in [-0.1, -0.05) is 43.7 Å². The Morgan fingerprint density at radius 2 is 2.00 bits per heavy atom. The zero-order valence-electron chi connectivity index (χ0n) is 10.7. The second-order valence-corrected chi connectivity index (χ2v) is 4.41. The Hall–Kier alpha value is -2.43. The molecule has 2 aromatic heterocycles. The maximum Gasteiger partial charge on any atom is 0.254 e. The molecule has 0 aliphatic carbocycles. The van der Waals surface area contributed by atoms with Crippen LogP contribution in [0.2, 0.25) is 0 Å². The summed E-state index contributed by atoms with van der Waals surface area (Å²) in [4.78, 5) is 8.69. The molecule has 0 saturated heterocycles. The molecular formula is C14H15N5. The second-order valence-electron chi connectivity index (χ2n) is 4.41. The van der Waals surface area contributed by atoms with Crippen molar-refractivity contribution in [2.45, 2.75) is 19.8 Å². The fraction of sp³-hybridized carbons (Fsp3) is 0.214. The molecule has 0 radical (unpaired) electrons. The van der Waals surface area contributed by atoms with Gasteiger partial charge in [-0.05, 0) is 12.0 Å². The molecule has 0 amide bonds. The van der Waals surface area contributed by atoms with E-state index in [0.29, 0.717) is 11.6 Å². The molecule has 0 atom stereocenters. The first-order valence-electron chi connectivity index (χ1n) is 6.34. The average Bonchev–Trinajstić information content (AvgIpc) is 2.89. The molecule has 5 nitrogen and oxygen atoms in total. The highest BCUT2D eigenvalue weighted by Gasteiger charge is 2.15. The minimum Gasteiger partial charge on any atom is -0.383 e. The fourth-order valence-corrected chi connectivity index (χ4v) is 2.25. The molecule has 0 spiro atoms. The van der Waals surface area contributed by atoms with Crippen molar-refractivity contribution in [1.82, 2.24) is 19.6 Å². The lowest BCUT2D eigenvalue weighted by molar-refractivity contribution is 0.864. The van der Waals surface area contributed by atoms with Gasteiger partial charge < -0.3 is 5.73 Å². The zero-order chi connectivity index (χ0) is 13.2. The van der Waals surface area contributed by atoms with Crippen molar-refractivity contribution in [3.05, 3.63) is 42.4 Å². The predicted molar refractivity (Wildman–Crippen MR) is 74.6 cm³/mol. The first-order valence-corrected chi connectivity index (χ1v) is 6.34. The minimum atomic E-state index is 0.556. The molecule has 0 aliphatic rings. The van der Waals surface area contributed by atoms with Crippen LogP contribution in [0.1, 0.15) is 19.0 Å². The third-order valence-corrected chi connectivity index (χ3v) is 3.09. The van der Waals surface area contributed by atoms with Gasteiger partial charge in [0.1, 0.15) is 12.1 Å². The van der Waals surface area contributed by atoms with E-state index in [1.165, 1.54) is 6.33 Å². The largest absolute Gasteiger partial charge is 0.383 e. The van der Waals surface area contributed by atoms with Crippen LogP contribution in [0.15, 0.2) is 36.7 Å². The summed E-state index contributed by atoms with van der Waals surface area (Å²) in [6.07, 6.45) is 3.36. The molecule has 0 aliphatic heterocycles. The van der Waals surface area contributed by atoms with Crippen LogP contribution in [0.25, 0.3) is 16.9 Å². The van der Waals surface area contributed by atoms with Crippen molar-refractivity contribution in [2.24, 2.45) is 0 Å². The summed E-state index contributed by atoms with van der Waals surface area (Å²) in [5.74, 6) is 1.15. The fourth-order valence-electron chi connectivity index (χ4n) is 2.25. The number of rotatable bonds is 3. The molecule has 3 rings (SSSR count). The first-order chi connectivity index (χ1) is 9.31. The maximum absolute atomic E-state index is 6.25. The van der Waals surface area contributed by atoms with E-state index in [1.54, 1.807) is 4.52 Å². The van der Waals surface area contributed by atoms with Gasteiger partial charge in [-0.15, -0.1) is 0 Å². The van der Waals surface area contributed by atoms with Crippen molar-refractivity contribution in [3.8, 4) is 11.1 Å². The van der Waals surface area contributed by atoms with Crippen LogP contribution in [0.5, 0.6) is 0 Å². The molecule has 2 N–H and O–H groups in total. The Labute approximate surface area is 111 Å². The smallest absolute Gasteiger partial charge is 0.254 e. The van der Waals surface area contributed by atoms with Gasteiger partial charge in [-0.25, -0.2) is 4.98 Å². The number of hydrogen-bond acceptors (Lipinski definition) is 4. The number of nitrogen functional groups attached to an aromatic ring is 1. The Morgan fingerprint density at radius 1 is 1.21 bits per heavy atom. The van der Waals surface area contributed by atoms with Crippen LogP contribution in [-0.2, 0) is 6.42 Å². The summed E-state index contributed by atoms with van der Waals surface area (Å²) < 4.78 is 1.58. The molecule has 0 saturated carbocycles. The second kappa shape index (κ2) is 4.68. The van der Waals surface area contributed by atoms with E-state index < -0.39 is 0 Å². The number of hydrogen-bond donors (Lipinski definition) is 1. The topological polar surface area (TPSA) is 69.1 Å². The van der Waals surface area contributed by atoms with Crippen molar-refractivity contribution in [1.29, 1.82) is 0 Å². The minimum absolute atomic E-state index is 0.556. The Bertz CT molecular complexity index is 702. The monoisotopic (exact) mass is 253 g/mol. The van der Waals surface area contributed by atoms with Crippen LogP contribution in [-0.4, -0.2) is 19.6 Å². The van der Waals surface area contributed by atoms with E-state index >= 15 is 0 Å². The zero-order valence-corrected chi connectivity index (χ0v) is 10.7. The molecule has 1 aromatic carbocycles. The van der Waals surface area contributed by atoms with Gasteiger partial charge in [0.25, 0.3) is 5.78 Å². The number of aryl methyl sites for hydroxylation is 1. The number of anilines is 1. The van der Waals surface area contributed by atoms with Gasteiger partial charge in [0, 0.05) is 5.56 Å². The molecule has 2 heterocycles. The molecule has 96 valence electrons. The number of benzene rings is 1. The normalized spacial score (nSPS) is 11.0. The van der Waals surface area contributed by atoms with Crippen molar-refractivity contribution in [3.63, 3.8) is 0 Å². The number of nitrogens with zero attached hydrogens (tertiary/aromatic N) is 4. The summed E-state index contributed by atoms with van der Waals surface area (Å²) in [6, 6.07) is 10.1. The number of fused-ring (bicyclic) bond motifs is 1. The lowest BCUT2D eigenvalue weighted by Crippen LogP contribution is -2.07. The van der Waals surface area contributed by atoms with Gasteiger partial charge >= 0.3 is 0 Å².